The Labute approximate surface area is 129 Å². The minimum Gasteiger partial charge on any atom is -0.337 e. The number of rotatable bonds is 5. The summed E-state index contributed by atoms with van der Waals surface area (Å²) in [6.45, 7) is 6.02. The van der Waals surface area contributed by atoms with Gasteiger partial charge in [-0.1, -0.05) is 25.1 Å². The van der Waals surface area contributed by atoms with Crippen LogP contribution in [0.1, 0.15) is 43.6 Å². The van der Waals surface area contributed by atoms with Crippen LogP contribution in [0.2, 0.25) is 0 Å². The highest BCUT2D eigenvalue weighted by atomic mass is 16.5. The summed E-state index contributed by atoms with van der Waals surface area (Å²) >= 11 is 0. The van der Waals surface area contributed by atoms with E-state index in [1.54, 1.807) is 6.20 Å². The van der Waals surface area contributed by atoms with Gasteiger partial charge in [0, 0.05) is 18.6 Å². The van der Waals surface area contributed by atoms with Crippen molar-refractivity contribution in [3.8, 4) is 11.5 Å². The third-order valence-electron chi connectivity index (χ3n) is 3.68. The predicted molar refractivity (Wildman–Crippen MR) is 82.3 cm³/mol. The van der Waals surface area contributed by atoms with Crippen molar-refractivity contribution in [2.24, 2.45) is 0 Å². The lowest BCUT2D eigenvalue weighted by Gasteiger charge is -2.15. The van der Waals surface area contributed by atoms with Gasteiger partial charge in [0.05, 0.1) is 0 Å². The predicted octanol–water partition coefficient (Wildman–Crippen LogP) is 3.20. The molecule has 0 aliphatic heterocycles. The van der Waals surface area contributed by atoms with Crippen molar-refractivity contribution in [1.82, 2.24) is 24.7 Å². The monoisotopic (exact) mass is 297 g/mol. The minimum atomic E-state index is -0.0358. The average molecular weight is 297 g/mol. The highest BCUT2D eigenvalue weighted by molar-refractivity contribution is 5.50. The van der Waals surface area contributed by atoms with Crippen molar-refractivity contribution in [2.75, 3.05) is 0 Å². The summed E-state index contributed by atoms with van der Waals surface area (Å²) in [4.78, 5) is 13.3. The smallest absolute Gasteiger partial charge is 0.249 e. The Morgan fingerprint density at radius 1 is 1.23 bits per heavy atom. The highest BCUT2D eigenvalue weighted by Crippen LogP contribution is 2.26. The number of nitrogens with zero attached hydrogens (tertiary/aromatic N) is 5. The summed E-state index contributed by atoms with van der Waals surface area (Å²) in [5, 5.41) is 3.88. The summed E-state index contributed by atoms with van der Waals surface area (Å²) in [5.74, 6) is 2.05. The van der Waals surface area contributed by atoms with Crippen molar-refractivity contribution in [2.45, 2.75) is 39.7 Å². The fourth-order valence-corrected chi connectivity index (χ4v) is 2.47. The molecule has 3 rings (SSSR count). The lowest BCUT2D eigenvalue weighted by atomic mass is 10.2. The van der Waals surface area contributed by atoms with Crippen molar-refractivity contribution < 1.29 is 4.52 Å². The van der Waals surface area contributed by atoms with E-state index in [-0.39, 0.29) is 6.04 Å². The van der Waals surface area contributed by atoms with Crippen LogP contribution in [-0.2, 0) is 6.42 Å². The highest BCUT2D eigenvalue weighted by Gasteiger charge is 2.21. The van der Waals surface area contributed by atoms with Crippen LogP contribution in [-0.4, -0.2) is 24.7 Å². The lowest BCUT2D eigenvalue weighted by molar-refractivity contribution is 0.331. The van der Waals surface area contributed by atoms with Crippen LogP contribution in [0, 0.1) is 6.92 Å². The molecule has 3 aromatic heterocycles. The molecule has 0 amide bonds. The molecule has 3 heterocycles. The third-order valence-corrected chi connectivity index (χ3v) is 3.68. The van der Waals surface area contributed by atoms with E-state index in [1.165, 1.54) is 5.56 Å². The SMILES string of the molecule is CCc1ccc(-c2nccn2[C@H](CC)c2nc(C)no2)nc1. The van der Waals surface area contributed by atoms with Gasteiger partial charge in [0.2, 0.25) is 5.89 Å². The van der Waals surface area contributed by atoms with Crippen LogP contribution in [0.15, 0.2) is 35.2 Å². The number of hydrogen-bond donors (Lipinski definition) is 0. The van der Waals surface area contributed by atoms with Gasteiger partial charge in [0.25, 0.3) is 0 Å². The Bertz CT molecular complexity index is 744. The Balaban J connectivity index is 1.99. The van der Waals surface area contributed by atoms with Crippen LogP contribution in [0.5, 0.6) is 0 Å². The number of aromatic nitrogens is 5. The average Bonchev–Trinajstić information content (AvgIpc) is 3.18. The molecule has 0 N–H and O–H groups in total. The minimum absolute atomic E-state index is 0.0358. The molecule has 0 aromatic carbocycles. The first-order chi connectivity index (χ1) is 10.7. The summed E-state index contributed by atoms with van der Waals surface area (Å²) in [5.41, 5.74) is 2.05. The lowest BCUT2D eigenvalue weighted by Crippen LogP contribution is -2.11. The first-order valence-corrected chi connectivity index (χ1v) is 7.51. The summed E-state index contributed by atoms with van der Waals surface area (Å²) < 4.78 is 7.38. The molecule has 3 aromatic rings. The van der Waals surface area contributed by atoms with Gasteiger partial charge in [-0.05, 0) is 31.4 Å². The Morgan fingerprint density at radius 2 is 2.09 bits per heavy atom. The maximum absolute atomic E-state index is 5.34. The molecule has 0 bridgehead atoms. The van der Waals surface area contributed by atoms with Gasteiger partial charge in [-0.15, -0.1) is 0 Å². The number of imidazole rings is 1. The topological polar surface area (TPSA) is 69.6 Å². The number of aryl methyl sites for hydroxylation is 2. The molecule has 6 nitrogen and oxygen atoms in total. The normalized spacial score (nSPS) is 12.5. The van der Waals surface area contributed by atoms with Gasteiger partial charge in [-0.25, -0.2) is 4.98 Å². The standard InChI is InChI=1S/C16H19N5O/c1-4-12-6-7-13(18-10-12)15-17-8-9-21(15)14(5-2)16-19-11(3)20-22-16/h6-10,14H,4-5H2,1-3H3/t14-/m1/s1. The maximum Gasteiger partial charge on any atom is 0.249 e. The van der Waals surface area contributed by atoms with E-state index in [0.29, 0.717) is 11.7 Å². The van der Waals surface area contributed by atoms with E-state index in [2.05, 4.69) is 40.0 Å². The molecule has 6 heteroatoms. The van der Waals surface area contributed by atoms with Crippen molar-refractivity contribution >= 4 is 0 Å². The Hall–Kier alpha value is -2.50. The molecule has 0 unspecified atom stereocenters. The molecule has 0 radical (unpaired) electrons. The molecule has 0 spiro atoms. The Kier molecular flexibility index (Phi) is 4.00. The van der Waals surface area contributed by atoms with Crippen LogP contribution in [0.4, 0.5) is 0 Å². The summed E-state index contributed by atoms with van der Waals surface area (Å²) in [7, 11) is 0. The van der Waals surface area contributed by atoms with Gasteiger partial charge in [0.15, 0.2) is 11.6 Å². The Morgan fingerprint density at radius 3 is 2.68 bits per heavy atom. The zero-order valence-electron chi connectivity index (χ0n) is 13.0. The van der Waals surface area contributed by atoms with Gasteiger partial charge < -0.3 is 9.09 Å². The van der Waals surface area contributed by atoms with E-state index >= 15 is 0 Å². The summed E-state index contributed by atoms with van der Waals surface area (Å²) in [6, 6.07) is 4.05. The molecule has 22 heavy (non-hydrogen) atoms. The molecule has 0 aliphatic carbocycles. The molecular formula is C16H19N5O. The molecule has 1 atom stereocenters. The molecular weight excluding hydrogens is 278 g/mol. The van der Waals surface area contributed by atoms with Gasteiger partial charge in [-0.3, -0.25) is 4.98 Å². The van der Waals surface area contributed by atoms with E-state index in [9.17, 15) is 0 Å². The van der Waals surface area contributed by atoms with Gasteiger partial charge in [-0.2, -0.15) is 4.98 Å². The van der Waals surface area contributed by atoms with Gasteiger partial charge >= 0.3 is 0 Å². The van der Waals surface area contributed by atoms with Crippen molar-refractivity contribution in [3.05, 3.63) is 48.0 Å². The zero-order chi connectivity index (χ0) is 15.5. The second kappa shape index (κ2) is 6.09. The van der Waals surface area contributed by atoms with Gasteiger partial charge in [0.1, 0.15) is 11.7 Å². The van der Waals surface area contributed by atoms with Crippen LogP contribution >= 0.6 is 0 Å². The van der Waals surface area contributed by atoms with E-state index < -0.39 is 0 Å². The fourth-order valence-electron chi connectivity index (χ4n) is 2.47. The fraction of sp³-hybridized carbons (Fsp3) is 0.375. The first-order valence-electron chi connectivity index (χ1n) is 7.51. The number of pyridine rings is 1. The van der Waals surface area contributed by atoms with Crippen LogP contribution in [0.25, 0.3) is 11.5 Å². The second-order valence-electron chi connectivity index (χ2n) is 5.17. The molecule has 0 aliphatic rings. The zero-order valence-corrected chi connectivity index (χ0v) is 13.0. The second-order valence-corrected chi connectivity index (χ2v) is 5.17. The van der Waals surface area contributed by atoms with E-state index in [1.807, 2.05) is 30.0 Å². The molecule has 0 fully saturated rings. The quantitative estimate of drug-likeness (QED) is 0.723. The van der Waals surface area contributed by atoms with Crippen molar-refractivity contribution in [3.63, 3.8) is 0 Å². The molecule has 114 valence electrons. The molecule has 0 saturated carbocycles. The third kappa shape index (κ3) is 2.64. The molecule has 0 saturated heterocycles. The van der Waals surface area contributed by atoms with Crippen LogP contribution in [0.3, 0.4) is 0 Å². The van der Waals surface area contributed by atoms with Crippen LogP contribution < -0.4 is 0 Å². The first kappa shape index (κ1) is 14.4. The summed E-state index contributed by atoms with van der Waals surface area (Å²) in [6.07, 6.45) is 7.40. The van der Waals surface area contributed by atoms with Crippen molar-refractivity contribution in [1.29, 1.82) is 0 Å². The number of hydrogen-bond acceptors (Lipinski definition) is 5. The van der Waals surface area contributed by atoms with E-state index in [0.717, 1.165) is 24.4 Å². The van der Waals surface area contributed by atoms with E-state index in [4.69, 9.17) is 4.52 Å². The largest absolute Gasteiger partial charge is 0.337 e. The maximum atomic E-state index is 5.34.